The first-order chi connectivity index (χ1) is 7.70. The summed E-state index contributed by atoms with van der Waals surface area (Å²) in [5, 5.41) is 12.8. The molecule has 0 aromatic heterocycles. The molecule has 1 saturated heterocycles. The Hall–Kier alpha value is -1.29. The van der Waals surface area contributed by atoms with Gasteiger partial charge in [0.25, 0.3) is 0 Å². The maximum absolute atomic E-state index is 13.7. The van der Waals surface area contributed by atoms with Gasteiger partial charge in [0.05, 0.1) is 7.11 Å². The molecule has 3 nitrogen and oxygen atoms in total. The summed E-state index contributed by atoms with van der Waals surface area (Å²) in [6.07, 6.45) is 1.72. The van der Waals surface area contributed by atoms with Gasteiger partial charge >= 0.3 is 0 Å². The lowest BCUT2D eigenvalue weighted by molar-refractivity contribution is 0.368. The lowest BCUT2D eigenvalue weighted by Gasteiger charge is -2.11. The van der Waals surface area contributed by atoms with Crippen LogP contribution in [0.3, 0.4) is 0 Å². The molecule has 1 unspecified atom stereocenters. The van der Waals surface area contributed by atoms with Gasteiger partial charge in [0, 0.05) is 6.07 Å². The predicted molar refractivity (Wildman–Crippen MR) is 59.3 cm³/mol. The minimum Gasteiger partial charge on any atom is -0.504 e. The summed E-state index contributed by atoms with van der Waals surface area (Å²) in [6, 6.07) is 2.71. The number of rotatable bonds is 3. The van der Waals surface area contributed by atoms with Gasteiger partial charge < -0.3 is 15.2 Å². The van der Waals surface area contributed by atoms with Crippen LogP contribution in [0, 0.1) is 11.7 Å². The Balaban J connectivity index is 2.17. The van der Waals surface area contributed by atoms with E-state index in [-0.39, 0.29) is 17.3 Å². The van der Waals surface area contributed by atoms with Crippen molar-refractivity contribution >= 4 is 0 Å². The van der Waals surface area contributed by atoms with Crippen molar-refractivity contribution < 1.29 is 14.2 Å². The molecule has 1 heterocycles. The molecule has 0 aliphatic carbocycles. The number of aromatic hydroxyl groups is 1. The number of hydrogen-bond acceptors (Lipinski definition) is 3. The van der Waals surface area contributed by atoms with Gasteiger partial charge in [-0.2, -0.15) is 0 Å². The second kappa shape index (κ2) is 4.70. The minimum atomic E-state index is -0.304. The summed E-state index contributed by atoms with van der Waals surface area (Å²) in [7, 11) is 1.41. The zero-order valence-corrected chi connectivity index (χ0v) is 9.29. The Morgan fingerprint density at radius 3 is 3.00 bits per heavy atom. The maximum Gasteiger partial charge on any atom is 0.163 e. The number of halogens is 1. The van der Waals surface area contributed by atoms with E-state index < -0.39 is 0 Å². The first kappa shape index (κ1) is 11.2. The maximum atomic E-state index is 13.7. The molecule has 1 atom stereocenters. The Bertz CT molecular complexity index is 376. The number of phenolic OH excluding ortho intramolecular Hbond substituents is 1. The van der Waals surface area contributed by atoms with Gasteiger partial charge in [-0.25, -0.2) is 4.39 Å². The van der Waals surface area contributed by atoms with Crippen LogP contribution in [0.4, 0.5) is 4.39 Å². The van der Waals surface area contributed by atoms with Crippen molar-refractivity contribution in [2.75, 3.05) is 20.2 Å². The highest BCUT2D eigenvalue weighted by atomic mass is 19.1. The summed E-state index contributed by atoms with van der Waals surface area (Å²) in [6.45, 7) is 1.92. The number of methoxy groups -OCH3 is 1. The second-order valence-electron chi connectivity index (χ2n) is 4.18. The van der Waals surface area contributed by atoms with Crippen molar-refractivity contribution in [3.05, 3.63) is 23.5 Å². The third-order valence-corrected chi connectivity index (χ3v) is 3.02. The second-order valence-corrected chi connectivity index (χ2v) is 4.18. The molecule has 2 N–H and O–H groups in total. The van der Waals surface area contributed by atoms with Gasteiger partial charge in [-0.1, -0.05) is 0 Å². The monoisotopic (exact) mass is 225 g/mol. The largest absolute Gasteiger partial charge is 0.504 e. The fourth-order valence-electron chi connectivity index (χ4n) is 2.11. The molecule has 0 amide bonds. The molecule has 4 heteroatoms. The van der Waals surface area contributed by atoms with Crippen molar-refractivity contribution in [1.29, 1.82) is 0 Å². The lowest BCUT2D eigenvalue weighted by Crippen LogP contribution is -2.11. The normalized spacial score (nSPS) is 20.0. The van der Waals surface area contributed by atoms with Crippen LogP contribution in [-0.4, -0.2) is 25.3 Å². The molecule has 2 rings (SSSR count). The lowest BCUT2D eigenvalue weighted by atomic mass is 9.98. The van der Waals surface area contributed by atoms with Gasteiger partial charge in [-0.05, 0) is 43.5 Å². The molecular weight excluding hydrogens is 209 g/mol. The van der Waals surface area contributed by atoms with Gasteiger partial charge in [0.2, 0.25) is 0 Å². The summed E-state index contributed by atoms with van der Waals surface area (Å²) in [4.78, 5) is 0. The molecule has 1 aromatic carbocycles. The molecule has 0 saturated carbocycles. The van der Waals surface area contributed by atoms with E-state index in [0.29, 0.717) is 17.9 Å². The van der Waals surface area contributed by atoms with E-state index in [1.165, 1.54) is 19.2 Å². The molecule has 1 aromatic rings. The molecule has 0 bridgehead atoms. The zero-order chi connectivity index (χ0) is 11.5. The van der Waals surface area contributed by atoms with Crippen LogP contribution < -0.4 is 10.1 Å². The number of phenols is 1. The van der Waals surface area contributed by atoms with Crippen molar-refractivity contribution in [3.63, 3.8) is 0 Å². The van der Waals surface area contributed by atoms with E-state index in [1.54, 1.807) is 0 Å². The topological polar surface area (TPSA) is 41.5 Å². The Morgan fingerprint density at radius 1 is 1.56 bits per heavy atom. The third kappa shape index (κ3) is 2.27. The van der Waals surface area contributed by atoms with Crippen LogP contribution in [0.2, 0.25) is 0 Å². The number of benzene rings is 1. The van der Waals surface area contributed by atoms with Gasteiger partial charge in [-0.3, -0.25) is 0 Å². The molecule has 0 spiro atoms. The van der Waals surface area contributed by atoms with Gasteiger partial charge in [0.1, 0.15) is 5.82 Å². The van der Waals surface area contributed by atoms with Crippen LogP contribution >= 0.6 is 0 Å². The SMILES string of the molecule is COc1cc(F)c(CC2CCNC2)cc1O. The molecule has 0 radical (unpaired) electrons. The van der Waals surface area contributed by atoms with E-state index in [2.05, 4.69) is 5.32 Å². The molecule has 1 fully saturated rings. The van der Waals surface area contributed by atoms with Crippen molar-refractivity contribution in [3.8, 4) is 11.5 Å². The average molecular weight is 225 g/mol. The Morgan fingerprint density at radius 2 is 2.38 bits per heavy atom. The standard InChI is InChI=1S/C12H16FNO2/c1-16-12-6-10(13)9(5-11(12)15)4-8-2-3-14-7-8/h5-6,8,14-15H,2-4,7H2,1H3. The summed E-state index contributed by atoms with van der Waals surface area (Å²) in [5.41, 5.74) is 0.562. The smallest absolute Gasteiger partial charge is 0.163 e. The van der Waals surface area contributed by atoms with Crippen LogP contribution in [-0.2, 0) is 6.42 Å². The summed E-state index contributed by atoms with van der Waals surface area (Å²) >= 11 is 0. The van der Waals surface area contributed by atoms with Crippen LogP contribution in [0.15, 0.2) is 12.1 Å². The van der Waals surface area contributed by atoms with E-state index in [1.807, 2.05) is 0 Å². The first-order valence-corrected chi connectivity index (χ1v) is 5.47. The van der Waals surface area contributed by atoms with Crippen LogP contribution in [0.25, 0.3) is 0 Å². The molecule has 16 heavy (non-hydrogen) atoms. The third-order valence-electron chi connectivity index (χ3n) is 3.02. The van der Waals surface area contributed by atoms with Crippen LogP contribution in [0.1, 0.15) is 12.0 Å². The molecule has 88 valence electrons. The number of nitrogens with one attached hydrogen (secondary N) is 1. The van der Waals surface area contributed by atoms with Crippen molar-refractivity contribution in [2.24, 2.45) is 5.92 Å². The summed E-state index contributed by atoms with van der Waals surface area (Å²) in [5.74, 6) is 0.347. The summed E-state index contributed by atoms with van der Waals surface area (Å²) < 4.78 is 18.5. The predicted octanol–water partition coefficient (Wildman–Crippen LogP) is 1.69. The fourth-order valence-corrected chi connectivity index (χ4v) is 2.11. The van der Waals surface area contributed by atoms with Crippen LogP contribution in [0.5, 0.6) is 11.5 Å². The van der Waals surface area contributed by atoms with Gasteiger partial charge in [0.15, 0.2) is 11.5 Å². The minimum absolute atomic E-state index is 0.00450. The number of ether oxygens (including phenoxy) is 1. The fraction of sp³-hybridized carbons (Fsp3) is 0.500. The Labute approximate surface area is 94.2 Å². The van der Waals surface area contributed by atoms with E-state index >= 15 is 0 Å². The van der Waals surface area contributed by atoms with E-state index in [4.69, 9.17) is 4.74 Å². The average Bonchev–Trinajstić information content (AvgIpc) is 2.75. The highest BCUT2D eigenvalue weighted by Crippen LogP contribution is 2.30. The zero-order valence-electron chi connectivity index (χ0n) is 9.29. The van der Waals surface area contributed by atoms with E-state index in [0.717, 1.165) is 19.5 Å². The molecule has 1 aliphatic rings. The van der Waals surface area contributed by atoms with Crippen molar-refractivity contribution in [2.45, 2.75) is 12.8 Å². The van der Waals surface area contributed by atoms with Crippen molar-refractivity contribution in [1.82, 2.24) is 5.32 Å². The van der Waals surface area contributed by atoms with Gasteiger partial charge in [-0.15, -0.1) is 0 Å². The molecule has 1 aliphatic heterocycles. The number of hydrogen-bond donors (Lipinski definition) is 2. The first-order valence-electron chi connectivity index (χ1n) is 5.47. The Kier molecular flexibility index (Phi) is 3.29. The highest BCUT2D eigenvalue weighted by Gasteiger charge is 2.18. The highest BCUT2D eigenvalue weighted by molar-refractivity contribution is 5.42. The van der Waals surface area contributed by atoms with E-state index in [9.17, 15) is 9.50 Å². The quantitative estimate of drug-likeness (QED) is 0.822. The molecular formula is C12H16FNO2.